The SMILES string of the molecule is O=C(CCC(=O)c1ccc(F)c(F)c1)N/N=C/c1csc2ccccc12. The van der Waals surface area contributed by atoms with Crippen LogP contribution in [0.3, 0.4) is 0 Å². The first-order valence-electron chi connectivity index (χ1n) is 7.81. The normalized spacial score (nSPS) is 11.2. The zero-order chi connectivity index (χ0) is 18.5. The van der Waals surface area contributed by atoms with E-state index in [4.69, 9.17) is 0 Å². The number of nitrogens with zero attached hydrogens (tertiary/aromatic N) is 1. The second kappa shape index (κ2) is 7.97. The lowest BCUT2D eigenvalue weighted by Gasteiger charge is -2.02. The van der Waals surface area contributed by atoms with E-state index in [1.165, 1.54) is 6.07 Å². The van der Waals surface area contributed by atoms with Crippen molar-refractivity contribution in [1.82, 2.24) is 5.43 Å². The van der Waals surface area contributed by atoms with Gasteiger partial charge in [-0.05, 0) is 24.3 Å². The minimum absolute atomic E-state index is 0.0324. The minimum Gasteiger partial charge on any atom is -0.294 e. The zero-order valence-corrected chi connectivity index (χ0v) is 14.4. The predicted octanol–water partition coefficient (Wildman–Crippen LogP) is 4.29. The molecule has 132 valence electrons. The van der Waals surface area contributed by atoms with Gasteiger partial charge in [0.1, 0.15) is 0 Å². The summed E-state index contributed by atoms with van der Waals surface area (Å²) >= 11 is 1.58. The van der Waals surface area contributed by atoms with E-state index in [-0.39, 0.29) is 18.4 Å². The summed E-state index contributed by atoms with van der Waals surface area (Å²) in [5.74, 6) is -2.98. The summed E-state index contributed by atoms with van der Waals surface area (Å²) in [4.78, 5) is 23.7. The molecule has 1 heterocycles. The van der Waals surface area contributed by atoms with Crippen LogP contribution in [0.25, 0.3) is 10.1 Å². The van der Waals surface area contributed by atoms with Crippen LogP contribution in [0, 0.1) is 11.6 Å². The Kier molecular flexibility index (Phi) is 5.48. The average molecular weight is 372 g/mol. The van der Waals surface area contributed by atoms with Gasteiger partial charge in [0, 0.05) is 39.4 Å². The molecule has 3 rings (SSSR count). The maximum atomic E-state index is 13.1. The third-order valence-electron chi connectivity index (χ3n) is 3.72. The Hall–Kier alpha value is -2.93. The molecule has 4 nitrogen and oxygen atoms in total. The van der Waals surface area contributed by atoms with E-state index in [9.17, 15) is 18.4 Å². The first kappa shape index (κ1) is 17.9. The van der Waals surface area contributed by atoms with E-state index in [1.54, 1.807) is 17.6 Å². The lowest BCUT2D eigenvalue weighted by Crippen LogP contribution is -2.18. The van der Waals surface area contributed by atoms with Crippen molar-refractivity contribution >= 4 is 39.3 Å². The largest absolute Gasteiger partial charge is 0.294 e. The fourth-order valence-corrected chi connectivity index (χ4v) is 3.28. The van der Waals surface area contributed by atoms with Gasteiger partial charge in [-0.2, -0.15) is 5.10 Å². The Morgan fingerprint density at radius 3 is 2.69 bits per heavy atom. The van der Waals surface area contributed by atoms with Gasteiger partial charge >= 0.3 is 0 Å². The maximum absolute atomic E-state index is 13.1. The number of nitrogens with one attached hydrogen (secondary N) is 1. The topological polar surface area (TPSA) is 58.5 Å². The Morgan fingerprint density at radius 1 is 1.08 bits per heavy atom. The van der Waals surface area contributed by atoms with Crippen molar-refractivity contribution in [2.75, 3.05) is 0 Å². The highest BCUT2D eigenvalue weighted by Crippen LogP contribution is 2.24. The highest BCUT2D eigenvalue weighted by molar-refractivity contribution is 7.17. The second-order valence-electron chi connectivity index (χ2n) is 5.53. The zero-order valence-electron chi connectivity index (χ0n) is 13.5. The molecule has 0 aliphatic carbocycles. The number of carbonyl (C=O) groups excluding carboxylic acids is 2. The third kappa shape index (κ3) is 4.18. The number of halogens is 2. The molecule has 1 N–H and O–H groups in total. The van der Waals surface area contributed by atoms with Gasteiger partial charge in [0.2, 0.25) is 5.91 Å². The Bertz CT molecular complexity index is 998. The molecule has 0 spiro atoms. The van der Waals surface area contributed by atoms with E-state index in [0.29, 0.717) is 0 Å². The summed E-state index contributed by atoms with van der Waals surface area (Å²) in [6, 6.07) is 10.8. The van der Waals surface area contributed by atoms with Crippen LogP contribution >= 0.6 is 11.3 Å². The summed E-state index contributed by atoms with van der Waals surface area (Å²) in [7, 11) is 0. The lowest BCUT2D eigenvalue weighted by molar-refractivity contribution is -0.121. The standard InChI is InChI=1S/C19H14F2N2O2S/c20-15-6-5-12(9-16(15)21)17(24)7-8-19(25)23-22-10-13-11-26-18-4-2-1-3-14(13)18/h1-6,9-11H,7-8H2,(H,23,25)/b22-10+. The quantitative estimate of drug-likeness (QED) is 0.399. The van der Waals surface area contributed by atoms with E-state index < -0.39 is 23.3 Å². The predicted molar refractivity (Wildman–Crippen MR) is 97.5 cm³/mol. The third-order valence-corrected chi connectivity index (χ3v) is 4.71. The van der Waals surface area contributed by atoms with Gasteiger partial charge in [0.05, 0.1) is 6.21 Å². The van der Waals surface area contributed by atoms with Gasteiger partial charge < -0.3 is 0 Å². The van der Waals surface area contributed by atoms with Crippen molar-refractivity contribution in [3.63, 3.8) is 0 Å². The first-order chi connectivity index (χ1) is 12.5. The summed E-state index contributed by atoms with van der Waals surface area (Å²) in [6.07, 6.45) is 1.33. The van der Waals surface area contributed by atoms with Crippen LogP contribution in [-0.2, 0) is 4.79 Å². The molecule has 0 aliphatic heterocycles. The number of hydrazone groups is 1. The van der Waals surface area contributed by atoms with Crippen LogP contribution in [0.5, 0.6) is 0 Å². The number of rotatable bonds is 6. The maximum Gasteiger partial charge on any atom is 0.240 e. The molecule has 0 atom stereocenters. The molecule has 0 unspecified atom stereocenters. The highest BCUT2D eigenvalue weighted by atomic mass is 32.1. The second-order valence-corrected chi connectivity index (χ2v) is 6.44. The minimum atomic E-state index is -1.09. The first-order valence-corrected chi connectivity index (χ1v) is 8.69. The van der Waals surface area contributed by atoms with Crippen LogP contribution in [0.15, 0.2) is 52.9 Å². The van der Waals surface area contributed by atoms with E-state index in [2.05, 4.69) is 10.5 Å². The summed E-state index contributed by atoms with van der Waals surface area (Å²) < 4.78 is 27.1. The van der Waals surface area contributed by atoms with Crippen molar-refractivity contribution in [2.45, 2.75) is 12.8 Å². The fraction of sp³-hybridized carbons (Fsp3) is 0.105. The molecule has 0 saturated carbocycles. The fourth-order valence-electron chi connectivity index (χ4n) is 2.37. The summed E-state index contributed by atoms with van der Waals surface area (Å²) in [6.45, 7) is 0. The van der Waals surface area contributed by atoms with Gasteiger partial charge in [-0.15, -0.1) is 11.3 Å². The average Bonchev–Trinajstić information content (AvgIpc) is 3.05. The van der Waals surface area contributed by atoms with Crippen LogP contribution in [0.1, 0.15) is 28.8 Å². The summed E-state index contributed by atoms with van der Waals surface area (Å²) in [5, 5.41) is 6.88. The van der Waals surface area contributed by atoms with E-state index >= 15 is 0 Å². The molecule has 0 aliphatic rings. The lowest BCUT2D eigenvalue weighted by atomic mass is 10.1. The molecule has 0 saturated heterocycles. The highest BCUT2D eigenvalue weighted by Gasteiger charge is 2.11. The van der Waals surface area contributed by atoms with Crippen molar-refractivity contribution in [1.29, 1.82) is 0 Å². The Morgan fingerprint density at radius 2 is 1.88 bits per heavy atom. The molecule has 7 heteroatoms. The van der Waals surface area contributed by atoms with Gasteiger partial charge in [-0.25, -0.2) is 14.2 Å². The molecule has 1 aromatic heterocycles. The van der Waals surface area contributed by atoms with Crippen molar-refractivity contribution < 1.29 is 18.4 Å². The molecule has 26 heavy (non-hydrogen) atoms. The van der Waals surface area contributed by atoms with E-state index in [1.807, 2.05) is 29.6 Å². The molecule has 0 bridgehead atoms. The number of hydrogen-bond donors (Lipinski definition) is 1. The number of carbonyl (C=O) groups is 2. The summed E-state index contributed by atoms with van der Waals surface area (Å²) in [5.41, 5.74) is 3.29. The van der Waals surface area contributed by atoms with Gasteiger partial charge in [-0.1, -0.05) is 18.2 Å². The molecule has 2 aromatic carbocycles. The number of ketones is 1. The molecule has 1 amide bonds. The van der Waals surface area contributed by atoms with E-state index in [0.717, 1.165) is 27.8 Å². The molecular weight excluding hydrogens is 358 g/mol. The smallest absolute Gasteiger partial charge is 0.240 e. The molecule has 0 fully saturated rings. The number of amides is 1. The van der Waals surface area contributed by atoms with Crippen molar-refractivity contribution in [2.24, 2.45) is 5.10 Å². The number of thiophene rings is 1. The van der Waals surface area contributed by atoms with Crippen LogP contribution in [0.4, 0.5) is 8.78 Å². The number of benzene rings is 2. The van der Waals surface area contributed by atoms with Crippen LogP contribution in [0.2, 0.25) is 0 Å². The number of fused-ring (bicyclic) bond motifs is 1. The van der Waals surface area contributed by atoms with Crippen molar-refractivity contribution in [3.05, 3.63) is 70.6 Å². The van der Waals surface area contributed by atoms with Crippen molar-refractivity contribution in [3.8, 4) is 0 Å². The Labute approximate surface area is 152 Å². The van der Waals surface area contributed by atoms with Crippen LogP contribution in [-0.4, -0.2) is 17.9 Å². The molecular formula is C19H14F2N2O2S. The number of hydrogen-bond acceptors (Lipinski definition) is 4. The number of Topliss-reactive ketones (excluding diaryl/α,β-unsaturated/α-hetero) is 1. The van der Waals surface area contributed by atoms with Gasteiger partial charge in [-0.3, -0.25) is 9.59 Å². The van der Waals surface area contributed by atoms with Gasteiger partial charge in [0.15, 0.2) is 17.4 Å². The van der Waals surface area contributed by atoms with Crippen LogP contribution < -0.4 is 5.43 Å². The Balaban J connectivity index is 1.52. The molecule has 3 aromatic rings. The molecule has 0 radical (unpaired) electrons. The van der Waals surface area contributed by atoms with Gasteiger partial charge in [0.25, 0.3) is 0 Å². The monoisotopic (exact) mass is 372 g/mol.